The van der Waals surface area contributed by atoms with E-state index in [1.54, 1.807) is 18.5 Å². The Balaban J connectivity index is 1.56. The highest BCUT2D eigenvalue weighted by molar-refractivity contribution is 6.30. The Morgan fingerprint density at radius 1 is 1.17 bits per heavy atom. The van der Waals surface area contributed by atoms with Crippen molar-refractivity contribution in [2.24, 2.45) is 0 Å². The number of carbonyl (C=O) groups is 1. The van der Waals surface area contributed by atoms with Crippen LogP contribution in [-0.4, -0.2) is 35.1 Å². The van der Waals surface area contributed by atoms with Crippen LogP contribution >= 0.6 is 11.6 Å². The van der Waals surface area contributed by atoms with Gasteiger partial charge in [-0.1, -0.05) is 23.7 Å². The third-order valence-electron chi connectivity index (χ3n) is 5.44. The summed E-state index contributed by atoms with van der Waals surface area (Å²) < 4.78 is 0. The minimum absolute atomic E-state index is 0.0926. The molecule has 2 aromatic heterocycles. The van der Waals surface area contributed by atoms with Gasteiger partial charge >= 0.3 is 6.03 Å². The predicted octanol–water partition coefficient (Wildman–Crippen LogP) is 4.82. The summed E-state index contributed by atoms with van der Waals surface area (Å²) in [7, 11) is 0. The lowest BCUT2D eigenvalue weighted by atomic mass is 9.99. The molecule has 0 unspecified atom stereocenters. The maximum Gasteiger partial charge on any atom is 0.327 e. The van der Waals surface area contributed by atoms with Crippen LogP contribution in [-0.2, 0) is 0 Å². The molecule has 6 nitrogen and oxygen atoms in total. The summed E-state index contributed by atoms with van der Waals surface area (Å²) in [5, 5.41) is 3.63. The number of piperidine rings is 1. The van der Waals surface area contributed by atoms with E-state index in [1.807, 2.05) is 41.3 Å². The van der Waals surface area contributed by atoms with Gasteiger partial charge in [-0.05, 0) is 49.2 Å². The molecule has 1 aromatic carbocycles. The number of nitrogens with one attached hydrogen (secondary N) is 1. The number of fused-ring (bicyclic) bond motifs is 4. The monoisotopic (exact) mass is 405 g/mol. The summed E-state index contributed by atoms with van der Waals surface area (Å²) in [6.45, 7) is 1.81. The van der Waals surface area contributed by atoms with E-state index in [0.29, 0.717) is 16.5 Å². The number of hydrogen-bond donors (Lipinski definition) is 1. The van der Waals surface area contributed by atoms with Gasteiger partial charge < -0.3 is 10.2 Å². The average Bonchev–Trinajstić information content (AvgIpc) is 2.74. The number of anilines is 3. The molecule has 146 valence electrons. The molecule has 0 radical (unpaired) electrons. The third-order valence-corrected chi connectivity index (χ3v) is 5.67. The lowest BCUT2D eigenvalue weighted by Crippen LogP contribution is -2.56. The second-order valence-corrected chi connectivity index (χ2v) is 7.77. The number of aromatic nitrogens is 2. The van der Waals surface area contributed by atoms with Gasteiger partial charge in [0.25, 0.3) is 0 Å². The molecule has 0 aliphatic carbocycles. The van der Waals surface area contributed by atoms with Crippen LogP contribution < -0.4 is 15.1 Å². The number of nitrogens with zero attached hydrogens (tertiary/aromatic N) is 4. The van der Waals surface area contributed by atoms with Crippen LogP contribution in [0, 0.1) is 0 Å². The molecule has 1 fully saturated rings. The van der Waals surface area contributed by atoms with Crippen molar-refractivity contribution >= 4 is 34.8 Å². The number of amides is 2. The van der Waals surface area contributed by atoms with E-state index in [-0.39, 0.29) is 12.1 Å². The zero-order valence-corrected chi connectivity index (χ0v) is 16.5. The topological polar surface area (TPSA) is 61.4 Å². The van der Waals surface area contributed by atoms with Crippen molar-refractivity contribution in [3.8, 4) is 11.3 Å². The minimum atomic E-state index is -0.179. The number of urea groups is 1. The Kier molecular flexibility index (Phi) is 4.56. The van der Waals surface area contributed by atoms with Gasteiger partial charge in [-0.3, -0.25) is 9.88 Å². The summed E-state index contributed by atoms with van der Waals surface area (Å²) in [4.78, 5) is 26.4. The summed E-state index contributed by atoms with van der Waals surface area (Å²) in [5.74, 6) is 0.694. The fourth-order valence-electron chi connectivity index (χ4n) is 4.11. The molecular weight excluding hydrogens is 386 g/mol. The Morgan fingerprint density at radius 3 is 2.93 bits per heavy atom. The van der Waals surface area contributed by atoms with Crippen molar-refractivity contribution < 1.29 is 4.79 Å². The van der Waals surface area contributed by atoms with Gasteiger partial charge in [-0.25, -0.2) is 9.78 Å². The molecule has 2 aliphatic rings. The molecule has 2 amide bonds. The van der Waals surface area contributed by atoms with Crippen molar-refractivity contribution in [1.29, 1.82) is 0 Å². The molecule has 1 saturated heterocycles. The minimum Gasteiger partial charge on any atom is -0.366 e. The molecule has 1 atom stereocenters. The summed E-state index contributed by atoms with van der Waals surface area (Å²) in [6.07, 6.45) is 5.34. The standard InChI is InChI=1S/C22H20ClN5O/c23-16-5-1-4-15(12-16)19-8-9-20-21(26-19)28(18-7-3-11-27(20)14-18)22(29)25-17-6-2-10-24-13-17/h1-2,4-6,8-10,12-13,18H,3,7,11,14H2,(H,25,29)/t18-/m0/s1. The van der Waals surface area contributed by atoms with Gasteiger partial charge in [0.1, 0.15) is 0 Å². The van der Waals surface area contributed by atoms with Gasteiger partial charge in [0.2, 0.25) is 0 Å². The molecule has 3 aromatic rings. The highest BCUT2D eigenvalue weighted by atomic mass is 35.5. The molecule has 29 heavy (non-hydrogen) atoms. The van der Waals surface area contributed by atoms with E-state index in [0.717, 1.165) is 42.9 Å². The highest BCUT2D eigenvalue weighted by Crippen LogP contribution is 2.39. The summed E-state index contributed by atoms with van der Waals surface area (Å²) in [6, 6.07) is 15.2. The van der Waals surface area contributed by atoms with Crippen LogP contribution in [0.3, 0.4) is 0 Å². The maximum atomic E-state index is 13.2. The smallest absolute Gasteiger partial charge is 0.327 e. The van der Waals surface area contributed by atoms with Crippen LogP contribution in [0.5, 0.6) is 0 Å². The number of rotatable bonds is 2. The number of benzene rings is 1. The van der Waals surface area contributed by atoms with Crippen LogP contribution in [0.25, 0.3) is 11.3 Å². The quantitative estimate of drug-likeness (QED) is 0.664. The van der Waals surface area contributed by atoms with Crippen molar-refractivity contribution in [2.45, 2.75) is 18.9 Å². The number of pyridine rings is 2. The van der Waals surface area contributed by atoms with Crippen molar-refractivity contribution in [1.82, 2.24) is 9.97 Å². The van der Waals surface area contributed by atoms with Crippen LogP contribution in [0.1, 0.15) is 12.8 Å². The zero-order chi connectivity index (χ0) is 19.8. The van der Waals surface area contributed by atoms with E-state index in [2.05, 4.69) is 21.3 Å². The number of hydrogen-bond acceptors (Lipinski definition) is 4. The SMILES string of the molecule is O=C(Nc1cccnc1)N1c2nc(-c3cccc(Cl)c3)ccc2N2CCC[C@H]1C2. The first-order valence-electron chi connectivity index (χ1n) is 9.71. The summed E-state index contributed by atoms with van der Waals surface area (Å²) >= 11 is 6.17. The Hall–Kier alpha value is -3.12. The second kappa shape index (κ2) is 7.37. The maximum absolute atomic E-state index is 13.2. The number of halogens is 1. The van der Waals surface area contributed by atoms with Crippen LogP contribution in [0.2, 0.25) is 5.02 Å². The molecule has 2 bridgehead atoms. The number of carbonyl (C=O) groups excluding carboxylic acids is 1. The van der Waals surface area contributed by atoms with Gasteiger partial charge in [0.05, 0.1) is 29.3 Å². The lowest BCUT2D eigenvalue weighted by molar-refractivity contribution is 0.252. The molecule has 4 heterocycles. The normalized spacial score (nSPS) is 17.6. The Bertz CT molecular complexity index is 1060. The molecule has 2 aliphatic heterocycles. The van der Waals surface area contributed by atoms with Gasteiger partial charge in [0.15, 0.2) is 5.82 Å². The largest absolute Gasteiger partial charge is 0.366 e. The first-order chi connectivity index (χ1) is 14.2. The molecule has 1 N–H and O–H groups in total. The first-order valence-corrected chi connectivity index (χ1v) is 10.1. The Labute approximate surface area is 174 Å². The molecule has 7 heteroatoms. The van der Waals surface area contributed by atoms with Crippen molar-refractivity contribution in [3.63, 3.8) is 0 Å². The van der Waals surface area contributed by atoms with Crippen molar-refractivity contribution in [3.05, 3.63) is 65.9 Å². The van der Waals surface area contributed by atoms with E-state index in [1.165, 1.54) is 0 Å². The van der Waals surface area contributed by atoms with E-state index in [9.17, 15) is 4.79 Å². The Morgan fingerprint density at radius 2 is 2.10 bits per heavy atom. The second-order valence-electron chi connectivity index (χ2n) is 7.33. The van der Waals surface area contributed by atoms with E-state index in [4.69, 9.17) is 16.6 Å². The fourth-order valence-corrected chi connectivity index (χ4v) is 4.30. The third kappa shape index (κ3) is 3.40. The van der Waals surface area contributed by atoms with Crippen LogP contribution in [0.4, 0.5) is 22.0 Å². The highest BCUT2D eigenvalue weighted by Gasteiger charge is 2.38. The van der Waals surface area contributed by atoms with Crippen LogP contribution in [0.15, 0.2) is 60.9 Å². The molecular formula is C22H20ClN5O. The lowest BCUT2D eigenvalue weighted by Gasteiger charge is -2.45. The first kappa shape index (κ1) is 17.9. The van der Waals surface area contributed by atoms with E-state index >= 15 is 0 Å². The van der Waals surface area contributed by atoms with Gasteiger partial charge in [0, 0.05) is 29.9 Å². The van der Waals surface area contributed by atoms with E-state index < -0.39 is 0 Å². The summed E-state index contributed by atoms with van der Waals surface area (Å²) in [5.41, 5.74) is 3.39. The average molecular weight is 406 g/mol. The van der Waals surface area contributed by atoms with Gasteiger partial charge in [-0.15, -0.1) is 0 Å². The van der Waals surface area contributed by atoms with Crippen molar-refractivity contribution in [2.75, 3.05) is 28.2 Å². The molecule has 5 rings (SSSR count). The predicted molar refractivity (Wildman–Crippen MR) is 116 cm³/mol. The fraction of sp³-hybridized carbons (Fsp3) is 0.227. The molecule has 0 spiro atoms. The van der Waals surface area contributed by atoms with Gasteiger partial charge in [-0.2, -0.15) is 0 Å². The molecule has 0 saturated carbocycles. The zero-order valence-electron chi connectivity index (χ0n) is 15.8.